The van der Waals surface area contributed by atoms with Crippen molar-refractivity contribution in [2.45, 2.75) is 102 Å². The molecule has 0 aliphatic heterocycles. The zero-order chi connectivity index (χ0) is 25.9. The molecule has 1 aromatic carbocycles. The Morgan fingerprint density at radius 1 is 0.694 bits per heavy atom. The normalized spacial score (nSPS) is 23.8. The fourth-order valence-corrected chi connectivity index (χ4v) is 4.81. The molecule has 2 fully saturated rings. The summed E-state index contributed by atoms with van der Waals surface area (Å²) in [5.41, 5.74) is -0.339. The molecule has 0 spiro atoms. The molecule has 0 bridgehead atoms. The molecule has 2 aliphatic carbocycles. The lowest BCUT2D eigenvalue weighted by molar-refractivity contribution is -0.0198. The average Bonchev–Trinajstić information content (AvgIpc) is 2.91. The summed E-state index contributed by atoms with van der Waals surface area (Å²) in [5.74, 6) is -1.32. The lowest BCUT2D eigenvalue weighted by atomic mass is 9.94. The first-order valence-electron chi connectivity index (χ1n) is 13.1. The second kappa shape index (κ2) is 14.0. The van der Waals surface area contributed by atoms with E-state index in [0.717, 1.165) is 51.7 Å². The maximum atomic E-state index is 12.9. The molecule has 194 valence electrons. The standard InChI is InChI=1S/C28H36N2O6/c1-3-15-33-19-5-9-21(10-6-19)35-27(31)23-13-14-24(26(18-30)25(23)17-29)28(32)36-22-11-7-20(8-12-22)34-16-4-2/h13-14,19-22H,3-12,15-16H2,1-2H3. The van der Waals surface area contributed by atoms with Gasteiger partial charge in [-0.05, 0) is 76.3 Å². The summed E-state index contributed by atoms with van der Waals surface area (Å²) in [5, 5.41) is 19.5. The van der Waals surface area contributed by atoms with E-state index < -0.39 is 11.9 Å². The molecule has 0 radical (unpaired) electrons. The molecule has 0 unspecified atom stereocenters. The van der Waals surface area contributed by atoms with Gasteiger partial charge in [0.2, 0.25) is 0 Å². The average molecular weight is 497 g/mol. The first-order valence-corrected chi connectivity index (χ1v) is 13.1. The maximum Gasteiger partial charge on any atom is 0.339 e. The molecule has 3 rings (SSSR count). The van der Waals surface area contributed by atoms with Gasteiger partial charge in [-0.15, -0.1) is 0 Å². The topological polar surface area (TPSA) is 119 Å². The van der Waals surface area contributed by atoms with Crippen LogP contribution in [0.4, 0.5) is 0 Å². The van der Waals surface area contributed by atoms with Crippen LogP contribution in [-0.2, 0) is 18.9 Å². The van der Waals surface area contributed by atoms with Gasteiger partial charge in [0.15, 0.2) is 0 Å². The van der Waals surface area contributed by atoms with E-state index in [4.69, 9.17) is 18.9 Å². The van der Waals surface area contributed by atoms with Crippen LogP contribution in [-0.4, -0.2) is 49.6 Å². The van der Waals surface area contributed by atoms with Gasteiger partial charge >= 0.3 is 11.9 Å². The quantitative estimate of drug-likeness (QED) is 0.405. The second-order valence-corrected chi connectivity index (χ2v) is 9.48. The molecule has 0 amide bonds. The third kappa shape index (κ3) is 7.29. The number of ether oxygens (including phenoxy) is 4. The fourth-order valence-electron chi connectivity index (χ4n) is 4.81. The van der Waals surface area contributed by atoms with Gasteiger partial charge in [-0.25, -0.2) is 9.59 Å². The van der Waals surface area contributed by atoms with Crippen molar-refractivity contribution >= 4 is 11.9 Å². The van der Waals surface area contributed by atoms with Gasteiger partial charge in [0.25, 0.3) is 0 Å². The molecule has 2 aliphatic rings. The molecule has 36 heavy (non-hydrogen) atoms. The van der Waals surface area contributed by atoms with E-state index >= 15 is 0 Å². The number of nitriles is 2. The van der Waals surface area contributed by atoms with Crippen molar-refractivity contribution < 1.29 is 28.5 Å². The number of carbonyl (C=O) groups excluding carboxylic acids is 2. The SMILES string of the molecule is CCCOC1CCC(OC(=O)c2ccc(C(=O)OC3CCC(OCCC)CC3)c(C#N)c2C#N)CC1. The summed E-state index contributed by atoms with van der Waals surface area (Å²) in [6.07, 6.45) is 7.74. The van der Waals surface area contributed by atoms with Gasteiger partial charge in [-0.1, -0.05) is 13.8 Å². The number of rotatable bonds is 10. The van der Waals surface area contributed by atoms with Gasteiger partial charge in [0.1, 0.15) is 24.3 Å². The van der Waals surface area contributed by atoms with Gasteiger partial charge in [-0.3, -0.25) is 0 Å². The lowest BCUT2D eigenvalue weighted by Crippen LogP contribution is -2.29. The molecule has 2 saturated carbocycles. The zero-order valence-electron chi connectivity index (χ0n) is 21.3. The summed E-state index contributed by atoms with van der Waals surface area (Å²) in [6, 6.07) is 6.60. The van der Waals surface area contributed by atoms with E-state index in [2.05, 4.69) is 13.8 Å². The summed E-state index contributed by atoms with van der Waals surface area (Å²) in [6.45, 7) is 5.58. The van der Waals surface area contributed by atoms with Crippen LogP contribution in [0, 0.1) is 22.7 Å². The van der Waals surface area contributed by atoms with E-state index in [1.165, 1.54) is 12.1 Å². The van der Waals surface area contributed by atoms with Crippen molar-refractivity contribution in [3.8, 4) is 12.1 Å². The van der Waals surface area contributed by atoms with E-state index in [1.807, 2.05) is 12.1 Å². The molecule has 0 aromatic heterocycles. The summed E-state index contributed by atoms with van der Waals surface area (Å²) < 4.78 is 22.9. The number of benzene rings is 1. The highest BCUT2D eigenvalue weighted by Crippen LogP contribution is 2.28. The van der Waals surface area contributed by atoms with Crippen molar-refractivity contribution in [1.29, 1.82) is 10.5 Å². The van der Waals surface area contributed by atoms with Crippen molar-refractivity contribution in [2.24, 2.45) is 0 Å². The predicted octanol–water partition coefficient (Wildman–Crippen LogP) is 5.22. The molecule has 1 aromatic rings. The van der Waals surface area contributed by atoms with Crippen LogP contribution < -0.4 is 0 Å². The molecule has 8 heteroatoms. The Bertz CT molecular complexity index is 900. The largest absolute Gasteiger partial charge is 0.459 e. The minimum atomic E-state index is -0.661. The monoisotopic (exact) mass is 496 g/mol. The molecule has 0 heterocycles. The Morgan fingerprint density at radius 3 is 1.33 bits per heavy atom. The van der Waals surface area contributed by atoms with Crippen LogP contribution in [0.3, 0.4) is 0 Å². The fraction of sp³-hybridized carbons (Fsp3) is 0.643. The van der Waals surface area contributed by atoms with Crippen LogP contribution in [0.1, 0.15) is 110 Å². The Balaban J connectivity index is 1.63. The molecular weight excluding hydrogens is 460 g/mol. The van der Waals surface area contributed by atoms with Crippen LogP contribution in [0.25, 0.3) is 0 Å². The highest BCUT2D eigenvalue weighted by atomic mass is 16.5. The van der Waals surface area contributed by atoms with Crippen molar-refractivity contribution in [3.05, 3.63) is 34.4 Å². The number of nitrogens with zero attached hydrogens (tertiary/aromatic N) is 2. The molecule has 8 nitrogen and oxygen atoms in total. The van der Waals surface area contributed by atoms with E-state index in [9.17, 15) is 20.1 Å². The van der Waals surface area contributed by atoms with Crippen molar-refractivity contribution in [1.82, 2.24) is 0 Å². The van der Waals surface area contributed by atoms with Gasteiger partial charge in [0.05, 0.1) is 34.5 Å². The second-order valence-electron chi connectivity index (χ2n) is 9.48. The van der Waals surface area contributed by atoms with Crippen molar-refractivity contribution in [2.75, 3.05) is 13.2 Å². The lowest BCUT2D eigenvalue weighted by Gasteiger charge is -2.28. The summed E-state index contributed by atoms with van der Waals surface area (Å²) >= 11 is 0. The number of esters is 2. The highest BCUT2D eigenvalue weighted by molar-refractivity contribution is 5.98. The number of carbonyl (C=O) groups is 2. The van der Waals surface area contributed by atoms with Crippen LogP contribution in [0.2, 0.25) is 0 Å². The minimum Gasteiger partial charge on any atom is -0.459 e. The molecule has 0 saturated heterocycles. The number of hydrogen-bond donors (Lipinski definition) is 0. The Kier molecular flexibility index (Phi) is 10.7. The first kappa shape index (κ1) is 27.6. The van der Waals surface area contributed by atoms with Crippen LogP contribution in [0.15, 0.2) is 12.1 Å². The Morgan fingerprint density at radius 2 is 1.03 bits per heavy atom. The third-order valence-electron chi connectivity index (χ3n) is 6.77. The molecule has 0 N–H and O–H groups in total. The number of hydrogen-bond acceptors (Lipinski definition) is 8. The van der Waals surface area contributed by atoms with Gasteiger partial charge in [0, 0.05) is 13.2 Å². The van der Waals surface area contributed by atoms with Gasteiger partial charge < -0.3 is 18.9 Å². The summed E-state index contributed by atoms with van der Waals surface area (Å²) in [7, 11) is 0. The zero-order valence-corrected chi connectivity index (χ0v) is 21.3. The molecular formula is C28H36N2O6. The van der Waals surface area contributed by atoms with Crippen LogP contribution in [0.5, 0.6) is 0 Å². The first-order chi connectivity index (χ1) is 17.5. The van der Waals surface area contributed by atoms with Crippen LogP contribution >= 0.6 is 0 Å². The van der Waals surface area contributed by atoms with Gasteiger partial charge in [-0.2, -0.15) is 10.5 Å². The molecule has 0 atom stereocenters. The van der Waals surface area contributed by atoms with E-state index in [-0.39, 0.29) is 46.7 Å². The van der Waals surface area contributed by atoms with E-state index in [0.29, 0.717) is 25.7 Å². The Hall–Kier alpha value is -2.94. The van der Waals surface area contributed by atoms with Crippen molar-refractivity contribution in [3.63, 3.8) is 0 Å². The predicted molar refractivity (Wildman–Crippen MR) is 131 cm³/mol. The smallest absolute Gasteiger partial charge is 0.339 e. The highest BCUT2D eigenvalue weighted by Gasteiger charge is 2.30. The maximum absolute atomic E-state index is 12.9. The third-order valence-corrected chi connectivity index (χ3v) is 6.77. The van der Waals surface area contributed by atoms with E-state index in [1.54, 1.807) is 0 Å². The Labute approximate surface area is 213 Å². The minimum absolute atomic E-state index is 0.0106. The summed E-state index contributed by atoms with van der Waals surface area (Å²) in [4.78, 5) is 25.8.